The number of aromatic hydroxyl groups is 1. The number of esters is 1. The third kappa shape index (κ3) is 1.49. The van der Waals surface area contributed by atoms with E-state index in [-0.39, 0.29) is 11.3 Å². The molecular formula is C18H17NO4. The van der Waals surface area contributed by atoms with Crippen LogP contribution in [0.5, 0.6) is 11.5 Å². The molecule has 5 heteroatoms. The first-order chi connectivity index (χ1) is 10.9. The molecule has 0 bridgehead atoms. The summed E-state index contributed by atoms with van der Waals surface area (Å²) in [6.07, 6.45) is 0. The van der Waals surface area contributed by atoms with E-state index >= 15 is 0 Å². The number of phenols is 1. The van der Waals surface area contributed by atoms with Crippen molar-refractivity contribution in [3.8, 4) is 11.5 Å². The van der Waals surface area contributed by atoms with Gasteiger partial charge in [-0.2, -0.15) is 0 Å². The second-order valence-corrected chi connectivity index (χ2v) is 6.26. The Hall–Kier alpha value is -2.69. The van der Waals surface area contributed by atoms with E-state index in [1.165, 1.54) is 7.11 Å². The molecule has 0 unspecified atom stereocenters. The average Bonchev–Trinajstić information content (AvgIpc) is 2.90. The van der Waals surface area contributed by atoms with Crippen LogP contribution >= 0.6 is 0 Å². The van der Waals surface area contributed by atoms with Gasteiger partial charge in [-0.1, -0.05) is 24.3 Å². The molecular weight excluding hydrogens is 294 g/mol. The molecule has 118 valence electrons. The van der Waals surface area contributed by atoms with Crippen molar-refractivity contribution in [2.24, 2.45) is 0 Å². The number of rotatable bonds is 1. The van der Waals surface area contributed by atoms with Gasteiger partial charge >= 0.3 is 5.97 Å². The van der Waals surface area contributed by atoms with Gasteiger partial charge in [0, 0.05) is 11.3 Å². The van der Waals surface area contributed by atoms with Crippen molar-refractivity contribution in [2.75, 3.05) is 12.4 Å². The first-order valence-electron chi connectivity index (χ1n) is 7.44. The van der Waals surface area contributed by atoms with Crippen molar-refractivity contribution in [1.82, 2.24) is 0 Å². The molecule has 2 aromatic rings. The second kappa shape index (κ2) is 4.19. The summed E-state index contributed by atoms with van der Waals surface area (Å²) in [5.41, 5.74) is 1.87. The van der Waals surface area contributed by atoms with Crippen LogP contribution in [-0.2, 0) is 10.2 Å². The Morgan fingerprint density at radius 2 is 1.91 bits per heavy atom. The average molecular weight is 311 g/mol. The van der Waals surface area contributed by atoms with E-state index in [2.05, 4.69) is 18.3 Å². The Bertz CT molecular complexity index is 847. The molecule has 2 heterocycles. The maximum Gasteiger partial charge on any atom is 0.341 e. The number of anilines is 1. The Morgan fingerprint density at radius 3 is 2.65 bits per heavy atom. The molecule has 2 aliphatic heterocycles. The van der Waals surface area contributed by atoms with Crippen molar-refractivity contribution in [3.63, 3.8) is 0 Å². The van der Waals surface area contributed by atoms with Crippen molar-refractivity contribution in [3.05, 3.63) is 53.1 Å². The molecule has 0 aromatic heterocycles. The molecule has 0 aliphatic carbocycles. The lowest BCUT2D eigenvalue weighted by Crippen LogP contribution is -2.48. The van der Waals surface area contributed by atoms with E-state index in [4.69, 9.17) is 9.47 Å². The number of benzene rings is 2. The summed E-state index contributed by atoms with van der Waals surface area (Å²) in [5, 5.41) is 13.9. The van der Waals surface area contributed by atoms with Gasteiger partial charge in [-0.25, -0.2) is 4.79 Å². The highest BCUT2D eigenvalue weighted by molar-refractivity contribution is 5.94. The number of carbonyl (C=O) groups excluding carboxylic acids is 1. The predicted molar refractivity (Wildman–Crippen MR) is 85.0 cm³/mol. The minimum atomic E-state index is -0.731. The minimum Gasteiger partial charge on any atom is -0.504 e. The maximum atomic E-state index is 11.8. The second-order valence-electron chi connectivity index (χ2n) is 6.26. The van der Waals surface area contributed by atoms with Gasteiger partial charge < -0.3 is 19.9 Å². The van der Waals surface area contributed by atoms with Crippen molar-refractivity contribution in [2.45, 2.75) is 25.0 Å². The molecule has 2 aromatic carbocycles. The smallest absolute Gasteiger partial charge is 0.341 e. The van der Waals surface area contributed by atoms with Crippen LogP contribution < -0.4 is 10.1 Å². The number of carbonyl (C=O) groups is 1. The summed E-state index contributed by atoms with van der Waals surface area (Å²) in [6, 6.07) is 11.4. The van der Waals surface area contributed by atoms with Crippen LogP contribution in [0, 0.1) is 0 Å². The summed E-state index contributed by atoms with van der Waals surface area (Å²) in [7, 11) is 1.28. The molecule has 2 aliphatic rings. The molecule has 23 heavy (non-hydrogen) atoms. The number of ether oxygens (including phenoxy) is 2. The van der Waals surface area contributed by atoms with Gasteiger partial charge in [0.15, 0.2) is 17.2 Å². The molecule has 2 atom stereocenters. The number of phenolic OH excluding ortho intramolecular Hbond substituents is 1. The Balaban J connectivity index is 1.97. The topological polar surface area (TPSA) is 67.8 Å². The summed E-state index contributed by atoms with van der Waals surface area (Å²) in [6.45, 7) is 4.03. The van der Waals surface area contributed by atoms with Crippen molar-refractivity contribution >= 4 is 11.7 Å². The van der Waals surface area contributed by atoms with Gasteiger partial charge in [-0.05, 0) is 31.5 Å². The van der Waals surface area contributed by atoms with Crippen LogP contribution in [0.1, 0.15) is 35.3 Å². The quantitative estimate of drug-likeness (QED) is 0.792. The van der Waals surface area contributed by atoms with E-state index < -0.39 is 17.1 Å². The normalized spacial score (nSPS) is 26.6. The predicted octanol–water partition coefficient (Wildman–Crippen LogP) is 3.02. The lowest BCUT2D eigenvalue weighted by atomic mass is 9.72. The standard InChI is InChI=1S/C18H17NO4/c1-17-11-6-4-5-7-13(11)19-18(17,2)23-15-12(17)9-8-10(14(15)20)16(21)22-3/h4-9,19-20H,1-3H3/t17-,18+/m1/s1. The molecule has 0 saturated carbocycles. The first kappa shape index (κ1) is 13.9. The zero-order chi connectivity index (χ0) is 16.4. The van der Waals surface area contributed by atoms with Gasteiger partial charge in [0.25, 0.3) is 0 Å². The zero-order valence-corrected chi connectivity index (χ0v) is 13.1. The van der Waals surface area contributed by atoms with Gasteiger partial charge in [-0.3, -0.25) is 0 Å². The van der Waals surface area contributed by atoms with E-state index in [1.54, 1.807) is 6.07 Å². The summed E-state index contributed by atoms with van der Waals surface area (Å²) in [4.78, 5) is 11.8. The van der Waals surface area contributed by atoms with Crippen LogP contribution in [-0.4, -0.2) is 23.9 Å². The fraction of sp³-hybridized carbons (Fsp3) is 0.278. The fourth-order valence-corrected chi connectivity index (χ4v) is 3.74. The number of hydrogen-bond donors (Lipinski definition) is 2. The van der Waals surface area contributed by atoms with E-state index in [0.29, 0.717) is 5.75 Å². The highest BCUT2D eigenvalue weighted by atomic mass is 16.5. The number of methoxy groups -OCH3 is 1. The summed E-state index contributed by atoms with van der Waals surface area (Å²) < 4.78 is 10.8. The molecule has 2 N–H and O–H groups in total. The third-order valence-electron chi connectivity index (χ3n) is 5.17. The van der Waals surface area contributed by atoms with Gasteiger partial charge in [0.2, 0.25) is 0 Å². The lowest BCUT2D eigenvalue weighted by molar-refractivity contribution is 0.0594. The van der Waals surface area contributed by atoms with Gasteiger partial charge in [0.1, 0.15) is 5.56 Å². The molecule has 0 saturated heterocycles. The van der Waals surface area contributed by atoms with Crippen LogP contribution in [0.25, 0.3) is 0 Å². The highest BCUT2D eigenvalue weighted by Gasteiger charge is 2.61. The SMILES string of the molecule is COC(=O)c1ccc2c(c1O)O[C@]1(C)Nc3ccccc3[C@]21C. The lowest BCUT2D eigenvalue weighted by Gasteiger charge is -2.33. The first-order valence-corrected chi connectivity index (χ1v) is 7.44. The third-order valence-corrected chi connectivity index (χ3v) is 5.17. The Labute approximate surface area is 133 Å². The monoisotopic (exact) mass is 311 g/mol. The molecule has 4 rings (SSSR count). The molecule has 0 fully saturated rings. The minimum absolute atomic E-state index is 0.103. The molecule has 0 amide bonds. The Morgan fingerprint density at radius 1 is 1.17 bits per heavy atom. The fourth-order valence-electron chi connectivity index (χ4n) is 3.74. The van der Waals surface area contributed by atoms with E-state index in [0.717, 1.165) is 16.8 Å². The van der Waals surface area contributed by atoms with Crippen LogP contribution in [0.2, 0.25) is 0 Å². The van der Waals surface area contributed by atoms with Crippen molar-refractivity contribution < 1.29 is 19.4 Å². The number of nitrogens with one attached hydrogen (secondary N) is 1. The Kier molecular flexibility index (Phi) is 2.54. The number of hydrogen-bond acceptors (Lipinski definition) is 5. The molecule has 0 radical (unpaired) electrons. The largest absolute Gasteiger partial charge is 0.504 e. The van der Waals surface area contributed by atoms with Gasteiger partial charge in [-0.15, -0.1) is 0 Å². The highest BCUT2D eigenvalue weighted by Crippen LogP contribution is 2.60. The van der Waals surface area contributed by atoms with Crippen molar-refractivity contribution in [1.29, 1.82) is 0 Å². The summed E-state index contributed by atoms with van der Waals surface area (Å²) in [5.74, 6) is -0.431. The van der Waals surface area contributed by atoms with E-state index in [1.807, 2.05) is 31.2 Å². The number of para-hydroxylation sites is 1. The summed E-state index contributed by atoms with van der Waals surface area (Å²) >= 11 is 0. The van der Waals surface area contributed by atoms with E-state index in [9.17, 15) is 9.90 Å². The van der Waals surface area contributed by atoms with Gasteiger partial charge in [0.05, 0.1) is 12.5 Å². The molecule has 5 nitrogen and oxygen atoms in total. The van der Waals surface area contributed by atoms with Crippen LogP contribution in [0.15, 0.2) is 36.4 Å². The molecule has 0 spiro atoms. The van der Waals surface area contributed by atoms with Crippen LogP contribution in [0.4, 0.5) is 5.69 Å². The van der Waals surface area contributed by atoms with Crippen LogP contribution in [0.3, 0.4) is 0 Å². The zero-order valence-electron chi connectivity index (χ0n) is 13.1. The maximum absolute atomic E-state index is 11.8. The number of fused-ring (bicyclic) bond motifs is 5.